The maximum atomic E-state index is 5.25. The predicted octanol–water partition coefficient (Wildman–Crippen LogP) is 1.73. The molecule has 116 valence electrons. The van der Waals surface area contributed by atoms with Crippen molar-refractivity contribution in [3.8, 4) is 11.5 Å². The Labute approximate surface area is 130 Å². The molecule has 22 heavy (non-hydrogen) atoms. The van der Waals surface area contributed by atoms with E-state index in [1.165, 1.54) is 5.56 Å². The third-order valence-electron chi connectivity index (χ3n) is 3.74. The van der Waals surface area contributed by atoms with Crippen molar-refractivity contribution < 1.29 is 4.52 Å². The number of nitrogens with one attached hydrogen (secondary N) is 1. The quantitative estimate of drug-likeness (QED) is 0.911. The second-order valence-electron chi connectivity index (χ2n) is 5.37. The molecule has 2 heterocycles. The van der Waals surface area contributed by atoms with Gasteiger partial charge < -0.3 is 14.7 Å². The molecule has 0 saturated carbocycles. The average molecular weight is 299 g/mol. The highest BCUT2D eigenvalue weighted by atomic mass is 16.5. The number of aryl methyl sites for hydroxylation is 1. The molecule has 1 aromatic carbocycles. The Morgan fingerprint density at radius 3 is 2.73 bits per heavy atom. The number of hydrogen-bond acceptors (Lipinski definition) is 6. The zero-order chi connectivity index (χ0) is 15.4. The first kappa shape index (κ1) is 14.6. The lowest BCUT2D eigenvalue weighted by Crippen LogP contribution is -2.36. The van der Waals surface area contributed by atoms with Crippen LogP contribution in [0.3, 0.4) is 0 Å². The van der Waals surface area contributed by atoms with Gasteiger partial charge >= 0.3 is 0 Å². The molecule has 0 spiro atoms. The van der Waals surface area contributed by atoms with Gasteiger partial charge in [0, 0.05) is 32.1 Å². The summed E-state index contributed by atoms with van der Waals surface area (Å²) in [7, 11) is 2.06. The van der Waals surface area contributed by atoms with Crippen molar-refractivity contribution in [3.05, 3.63) is 35.7 Å². The van der Waals surface area contributed by atoms with Gasteiger partial charge in [-0.05, 0) is 24.1 Å². The summed E-state index contributed by atoms with van der Waals surface area (Å²) in [6.45, 7) is 4.78. The molecular formula is C16H21N5O. The number of hydrogen-bond donors (Lipinski definition) is 1. The summed E-state index contributed by atoms with van der Waals surface area (Å²) in [5, 5.41) is 7.29. The zero-order valence-electron chi connectivity index (χ0n) is 13.0. The lowest BCUT2D eigenvalue weighted by molar-refractivity contribution is 0.423. The molecule has 0 fully saturated rings. The Balaban J connectivity index is 1.55. The van der Waals surface area contributed by atoms with Crippen LogP contribution in [-0.4, -0.2) is 47.7 Å². The van der Waals surface area contributed by atoms with Crippen LogP contribution in [0, 0.1) is 0 Å². The van der Waals surface area contributed by atoms with E-state index in [1.807, 2.05) is 19.1 Å². The van der Waals surface area contributed by atoms with Crippen molar-refractivity contribution in [1.82, 2.24) is 20.4 Å². The molecule has 0 amide bonds. The van der Waals surface area contributed by atoms with Crippen molar-refractivity contribution in [2.45, 2.75) is 19.8 Å². The summed E-state index contributed by atoms with van der Waals surface area (Å²) in [4.78, 5) is 10.9. The fraction of sp³-hybridized carbons (Fsp3) is 0.438. The smallest absolute Gasteiger partial charge is 0.257 e. The van der Waals surface area contributed by atoms with E-state index >= 15 is 0 Å². The van der Waals surface area contributed by atoms with Gasteiger partial charge in [0.2, 0.25) is 0 Å². The standard InChI is InChI=1S/C16H21N5O/c1-3-14-19-15(22-20-14)13-6-4-12(5-7-13)8-9-17-16-18-10-11-21(16)2/h4-7H,3,8-11H2,1-2H3,(H,17,18). The molecule has 0 bridgehead atoms. The molecule has 1 N–H and O–H groups in total. The van der Waals surface area contributed by atoms with Crippen molar-refractivity contribution in [3.63, 3.8) is 0 Å². The van der Waals surface area contributed by atoms with Crippen LogP contribution in [0.15, 0.2) is 33.8 Å². The SMILES string of the molecule is CCc1noc(-c2ccc(CCNC3=NCCN3C)cc2)n1. The average Bonchev–Trinajstić information content (AvgIpc) is 3.17. The normalized spacial score (nSPS) is 14.3. The Kier molecular flexibility index (Phi) is 4.37. The van der Waals surface area contributed by atoms with E-state index < -0.39 is 0 Å². The second-order valence-corrected chi connectivity index (χ2v) is 5.37. The highest BCUT2D eigenvalue weighted by Crippen LogP contribution is 2.18. The van der Waals surface area contributed by atoms with Gasteiger partial charge in [-0.2, -0.15) is 4.98 Å². The van der Waals surface area contributed by atoms with Crippen molar-refractivity contribution >= 4 is 5.96 Å². The van der Waals surface area contributed by atoms with Crippen LogP contribution < -0.4 is 5.32 Å². The van der Waals surface area contributed by atoms with Crippen LogP contribution in [0.25, 0.3) is 11.5 Å². The number of guanidine groups is 1. The summed E-state index contributed by atoms with van der Waals surface area (Å²) in [5.74, 6) is 2.32. The van der Waals surface area contributed by atoms with Gasteiger partial charge in [-0.1, -0.05) is 24.2 Å². The fourth-order valence-corrected chi connectivity index (χ4v) is 2.37. The van der Waals surface area contributed by atoms with E-state index in [9.17, 15) is 0 Å². The van der Waals surface area contributed by atoms with Crippen molar-refractivity contribution in [2.75, 3.05) is 26.7 Å². The lowest BCUT2D eigenvalue weighted by Gasteiger charge is -2.15. The van der Waals surface area contributed by atoms with Crippen LogP contribution >= 0.6 is 0 Å². The van der Waals surface area contributed by atoms with Gasteiger partial charge in [0.25, 0.3) is 5.89 Å². The highest BCUT2D eigenvalue weighted by molar-refractivity contribution is 5.81. The van der Waals surface area contributed by atoms with Crippen molar-refractivity contribution in [1.29, 1.82) is 0 Å². The molecule has 6 heteroatoms. The maximum absolute atomic E-state index is 5.25. The molecule has 6 nitrogen and oxygen atoms in total. The summed E-state index contributed by atoms with van der Waals surface area (Å²) < 4.78 is 5.25. The van der Waals surface area contributed by atoms with Crippen LogP contribution in [0.4, 0.5) is 0 Å². The molecule has 1 aromatic heterocycles. The van der Waals surface area contributed by atoms with Crippen LogP contribution in [0.2, 0.25) is 0 Å². The maximum Gasteiger partial charge on any atom is 0.257 e. The molecule has 0 radical (unpaired) electrons. The van der Waals surface area contributed by atoms with Gasteiger partial charge in [-0.15, -0.1) is 0 Å². The highest BCUT2D eigenvalue weighted by Gasteiger charge is 2.11. The predicted molar refractivity (Wildman–Crippen MR) is 85.8 cm³/mol. The van der Waals surface area contributed by atoms with Crippen LogP contribution in [-0.2, 0) is 12.8 Å². The molecule has 1 aliphatic rings. The number of nitrogens with zero attached hydrogens (tertiary/aromatic N) is 4. The molecule has 0 unspecified atom stereocenters. The zero-order valence-corrected chi connectivity index (χ0v) is 13.0. The first-order valence-electron chi connectivity index (χ1n) is 7.67. The minimum atomic E-state index is 0.587. The Bertz CT molecular complexity index is 647. The number of rotatable bonds is 5. The fourth-order valence-electron chi connectivity index (χ4n) is 2.37. The number of benzene rings is 1. The van der Waals surface area contributed by atoms with E-state index in [-0.39, 0.29) is 0 Å². The number of aliphatic imine (C=N–C) groups is 1. The lowest BCUT2D eigenvalue weighted by atomic mass is 10.1. The molecule has 3 rings (SSSR count). The summed E-state index contributed by atoms with van der Waals surface area (Å²) >= 11 is 0. The number of likely N-dealkylation sites (N-methyl/N-ethyl adjacent to an activating group) is 1. The van der Waals surface area contributed by atoms with E-state index in [2.05, 4.69) is 44.5 Å². The van der Waals surface area contributed by atoms with Gasteiger partial charge in [0.1, 0.15) is 0 Å². The third kappa shape index (κ3) is 3.27. The topological polar surface area (TPSA) is 66.6 Å². The third-order valence-corrected chi connectivity index (χ3v) is 3.74. The van der Waals surface area contributed by atoms with Gasteiger partial charge in [-0.3, -0.25) is 4.99 Å². The Morgan fingerprint density at radius 1 is 1.27 bits per heavy atom. The molecule has 0 aliphatic carbocycles. The molecule has 0 atom stereocenters. The molecule has 0 saturated heterocycles. The van der Waals surface area contributed by atoms with E-state index in [4.69, 9.17) is 4.52 Å². The van der Waals surface area contributed by atoms with Crippen LogP contribution in [0.1, 0.15) is 18.3 Å². The van der Waals surface area contributed by atoms with E-state index in [0.29, 0.717) is 5.89 Å². The summed E-state index contributed by atoms with van der Waals surface area (Å²) in [6.07, 6.45) is 1.74. The van der Waals surface area contributed by atoms with E-state index in [0.717, 1.165) is 49.8 Å². The Hall–Kier alpha value is -2.37. The van der Waals surface area contributed by atoms with Crippen LogP contribution in [0.5, 0.6) is 0 Å². The van der Waals surface area contributed by atoms with Gasteiger partial charge in [0.15, 0.2) is 11.8 Å². The monoisotopic (exact) mass is 299 g/mol. The summed E-state index contributed by atoms with van der Waals surface area (Å²) in [5.41, 5.74) is 2.23. The molecule has 1 aliphatic heterocycles. The second kappa shape index (κ2) is 6.60. The largest absolute Gasteiger partial charge is 0.356 e. The first-order chi connectivity index (χ1) is 10.8. The first-order valence-corrected chi connectivity index (χ1v) is 7.67. The van der Waals surface area contributed by atoms with E-state index in [1.54, 1.807) is 0 Å². The molecule has 2 aromatic rings. The Morgan fingerprint density at radius 2 is 2.09 bits per heavy atom. The number of aromatic nitrogens is 2. The van der Waals surface area contributed by atoms with Gasteiger partial charge in [-0.25, -0.2) is 0 Å². The molecular weight excluding hydrogens is 278 g/mol. The minimum absolute atomic E-state index is 0.587. The van der Waals surface area contributed by atoms with Crippen molar-refractivity contribution in [2.24, 2.45) is 4.99 Å². The van der Waals surface area contributed by atoms with Gasteiger partial charge in [0.05, 0.1) is 6.54 Å². The summed E-state index contributed by atoms with van der Waals surface area (Å²) in [6, 6.07) is 8.27. The minimum Gasteiger partial charge on any atom is -0.356 e.